The van der Waals surface area contributed by atoms with E-state index >= 15 is 0 Å². The smallest absolute Gasteiger partial charge is 0.267 e. The van der Waals surface area contributed by atoms with Gasteiger partial charge in [-0.25, -0.2) is 9.98 Å². The van der Waals surface area contributed by atoms with E-state index in [0.29, 0.717) is 5.82 Å². The van der Waals surface area contributed by atoms with E-state index in [0.717, 1.165) is 0 Å². The molecule has 0 bridgehead atoms. The number of aliphatic imine (C=N–C) groups is 1. The van der Waals surface area contributed by atoms with Crippen molar-refractivity contribution >= 4 is 18.1 Å². The van der Waals surface area contributed by atoms with Crippen molar-refractivity contribution in [3.05, 3.63) is 18.3 Å². The largest absolute Gasteiger partial charge is 0.504 e. The summed E-state index contributed by atoms with van der Waals surface area (Å²) in [5.74, 6) is 0.172. The Labute approximate surface area is 74.4 Å². The lowest BCUT2D eigenvalue weighted by molar-refractivity contribution is -0.115. The van der Waals surface area contributed by atoms with E-state index in [1.165, 1.54) is 17.3 Å². The van der Waals surface area contributed by atoms with Gasteiger partial charge in [-0.05, 0) is 12.1 Å². The van der Waals surface area contributed by atoms with Crippen molar-refractivity contribution in [3.63, 3.8) is 0 Å². The number of amides is 1. The second-order valence-electron chi connectivity index (χ2n) is 2.61. The van der Waals surface area contributed by atoms with Crippen molar-refractivity contribution < 1.29 is 9.90 Å². The maximum Gasteiger partial charge on any atom is 0.267 e. The van der Waals surface area contributed by atoms with E-state index in [2.05, 4.69) is 9.98 Å². The first-order valence-corrected chi connectivity index (χ1v) is 3.75. The number of carbonyl (C=O) groups is 1. The highest BCUT2D eigenvalue weighted by Gasteiger charge is 2.18. The van der Waals surface area contributed by atoms with Crippen LogP contribution < -0.4 is 4.90 Å². The van der Waals surface area contributed by atoms with Crippen LogP contribution >= 0.6 is 0 Å². The Kier molecular flexibility index (Phi) is 1.70. The number of aromatic nitrogens is 1. The van der Waals surface area contributed by atoms with Gasteiger partial charge in [0, 0.05) is 6.20 Å². The first-order chi connectivity index (χ1) is 6.27. The van der Waals surface area contributed by atoms with Crippen LogP contribution in [-0.4, -0.2) is 28.9 Å². The molecule has 0 fully saturated rings. The minimum Gasteiger partial charge on any atom is -0.504 e. The number of anilines is 1. The summed E-state index contributed by atoms with van der Waals surface area (Å²) >= 11 is 0. The van der Waals surface area contributed by atoms with Crippen molar-refractivity contribution in [3.8, 4) is 5.75 Å². The third-order valence-electron chi connectivity index (χ3n) is 1.68. The van der Waals surface area contributed by atoms with Gasteiger partial charge in [-0.2, -0.15) is 0 Å². The summed E-state index contributed by atoms with van der Waals surface area (Å²) in [7, 11) is 0. The van der Waals surface area contributed by atoms with Crippen LogP contribution in [0.15, 0.2) is 23.3 Å². The average Bonchev–Trinajstić information content (AvgIpc) is 2.53. The second-order valence-corrected chi connectivity index (χ2v) is 2.61. The van der Waals surface area contributed by atoms with Crippen molar-refractivity contribution in [2.24, 2.45) is 4.99 Å². The minimum atomic E-state index is -0.231. The molecule has 0 aromatic carbocycles. The molecule has 0 atom stereocenters. The summed E-state index contributed by atoms with van der Waals surface area (Å²) in [6, 6.07) is 3.13. The van der Waals surface area contributed by atoms with Crippen molar-refractivity contribution in [1.29, 1.82) is 0 Å². The van der Waals surface area contributed by atoms with E-state index in [-0.39, 0.29) is 18.2 Å². The first kappa shape index (κ1) is 7.72. The Morgan fingerprint density at radius 3 is 3.00 bits per heavy atom. The molecule has 13 heavy (non-hydrogen) atoms. The van der Waals surface area contributed by atoms with E-state index in [9.17, 15) is 9.90 Å². The Morgan fingerprint density at radius 2 is 2.38 bits per heavy atom. The second kappa shape index (κ2) is 2.85. The van der Waals surface area contributed by atoms with Crippen LogP contribution in [0.25, 0.3) is 0 Å². The molecule has 2 rings (SSSR count). The topological polar surface area (TPSA) is 65.8 Å². The van der Waals surface area contributed by atoms with Gasteiger partial charge in [0.2, 0.25) is 0 Å². The number of pyridine rings is 1. The molecule has 1 N–H and O–H groups in total. The van der Waals surface area contributed by atoms with Crippen LogP contribution in [-0.2, 0) is 4.79 Å². The fourth-order valence-electron chi connectivity index (χ4n) is 1.10. The molecule has 0 aliphatic carbocycles. The van der Waals surface area contributed by atoms with Gasteiger partial charge in [0.25, 0.3) is 5.91 Å². The molecular formula is C8H7N3O2. The number of hydrogen-bond acceptors (Lipinski definition) is 4. The van der Waals surface area contributed by atoms with Gasteiger partial charge in [-0.15, -0.1) is 0 Å². The molecule has 0 saturated carbocycles. The summed E-state index contributed by atoms with van der Waals surface area (Å²) in [6.07, 6.45) is 2.91. The molecule has 2 heterocycles. The van der Waals surface area contributed by atoms with Gasteiger partial charge in [0.05, 0.1) is 0 Å². The third kappa shape index (κ3) is 1.35. The monoisotopic (exact) mass is 177 g/mol. The molecule has 1 aromatic rings. The SMILES string of the molecule is O=C1CN(c2ncccc2O)C=N1. The van der Waals surface area contributed by atoms with Crippen LogP contribution in [0.1, 0.15) is 0 Å². The highest BCUT2D eigenvalue weighted by Crippen LogP contribution is 2.23. The fourth-order valence-corrected chi connectivity index (χ4v) is 1.10. The number of aromatic hydroxyl groups is 1. The molecule has 0 saturated heterocycles. The third-order valence-corrected chi connectivity index (χ3v) is 1.68. The molecule has 5 nitrogen and oxygen atoms in total. The lowest BCUT2D eigenvalue weighted by atomic mass is 10.4. The van der Waals surface area contributed by atoms with Crippen molar-refractivity contribution in [1.82, 2.24) is 4.98 Å². The summed E-state index contributed by atoms with van der Waals surface area (Å²) in [5.41, 5.74) is 0. The highest BCUT2D eigenvalue weighted by atomic mass is 16.3. The van der Waals surface area contributed by atoms with Gasteiger partial charge in [-0.1, -0.05) is 0 Å². The predicted octanol–water partition coefficient (Wildman–Crippen LogP) is 0.162. The van der Waals surface area contributed by atoms with E-state index < -0.39 is 0 Å². The summed E-state index contributed by atoms with van der Waals surface area (Å²) in [5, 5.41) is 9.38. The molecule has 5 heteroatoms. The minimum absolute atomic E-state index is 0.0450. The standard InChI is InChI=1S/C8H7N3O2/c12-6-2-1-3-9-8(6)11-4-7(13)10-5-11/h1-3,5,12H,4H2. The van der Waals surface area contributed by atoms with Gasteiger partial charge < -0.3 is 10.0 Å². The van der Waals surface area contributed by atoms with E-state index in [1.807, 2.05) is 0 Å². The zero-order chi connectivity index (χ0) is 9.26. The van der Waals surface area contributed by atoms with Gasteiger partial charge in [-0.3, -0.25) is 4.79 Å². The fraction of sp³-hybridized carbons (Fsp3) is 0.125. The Hall–Kier alpha value is -1.91. The first-order valence-electron chi connectivity index (χ1n) is 3.75. The van der Waals surface area contributed by atoms with Gasteiger partial charge >= 0.3 is 0 Å². The zero-order valence-electron chi connectivity index (χ0n) is 6.71. The van der Waals surface area contributed by atoms with Crippen molar-refractivity contribution in [2.45, 2.75) is 0 Å². The maximum atomic E-state index is 10.8. The zero-order valence-corrected chi connectivity index (χ0v) is 6.71. The van der Waals surface area contributed by atoms with Crippen molar-refractivity contribution in [2.75, 3.05) is 11.4 Å². The predicted molar refractivity (Wildman–Crippen MR) is 46.7 cm³/mol. The summed E-state index contributed by atoms with van der Waals surface area (Å²) in [4.78, 5) is 19.8. The normalized spacial score (nSPS) is 15.4. The lowest BCUT2D eigenvalue weighted by Gasteiger charge is -2.11. The highest BCUT2D eigenvalue weighted by molar-refractivity contribution is 6.02. The van der Waals surface area contributed by atoms with Crippen LogP contribution in [0.3, 0.4) is 0 Å². The van der Waals surface area contributed by atoms with Gasteiger partial charge in [0.15, 0.2) is 11.6 Å². The number of nitrogens with zero attached hydrogens (tertiary/aromatic N) is 3. The number of rotatable bonds is 1. The van der Waals surface area contributed by atoms with Crippen LogP contribution in [0.5, 0.6) is 5.75 Å². The molecule has 0 spiro atoms. The Balaban J connectivity index is 2.32. The molecule has 1 aliphatic rings. The average molecular weight is 177 g/mol. The molecule has 1 aliphatic heterocycles. The van der Waals surface area contributed by atoms with Crippen LogP contribution in [0.2, 0.25) is 0 Å². The van der Waals surface area contributed by atoms with Gasteiger partial charge in [0.1, 0.15) is 12.9 Å². The van der Waals surface area contributed by atoms with Crippen LogP contribution in [0.4, 0.5) is 5.82 Å². The van der Waals surface area contributed by atoms with E-state index in [1.54, 1.807) is 12.3 Å². The Morgan fingerprint density at radius 1 is 1.54 bits per heavy atom. The Bertz CT molecular complexity index is 375. The molecule has 0 unspecified atom stereocenters. The summed E-state index contributed by atoms with van der Waals surface area (Å²) < 4.78 is 0. The quantitative estimate of drug-likeness (QED) is 0.663. The number of hydrogen-bond donors (Lipinski definition) is 1. The molecule has 1 aromatic heterocycles. The number of carbonyl (C=O) groups excluding carboxylic acids is 1. The van der Waals surface area contributed by atoms with E-state index in [4.69, 9.17) is 0 Å². The lowest BCUT2D eigenvalue weighted by Crippen LogP contribution is -2.21. The maximum absolute atomic E-state index is 10.8. The summed E-state index contributed by atoms with van der Waals surface area (Å²) in [6.45, 7) is 0.143. The molecule has 66 valence electrons. The van der Waals surface area contributed by atoms with Crippen LogP contribution in [0, 0.1) is 0 Å². The molecular weight excluding hydrogens is 170 g/mol. The molecule has 0 radical (unpaired) electrons. The molecule has 1 amide bonds.